The summed E-state index contributed by atoms with van der Waals surface area (Å²) >= 11 is 0. The Bertz CT molecular complexity index is 1340. The van der Waals surface area contributed by atoms with Gasteiger partial charge < -0.3 is 4.57 Å². The molecule has 0 atom stereocenters. The summed E-state index contributed by atoms with van der Waals surface area (Å²) in [6, 6.07) is 18.2. The normalized spacial score (nSPS) is 11.9. The number of hydrogen-bond donors (Lipinski definition) is 1. The maximum Gasteiger partial charge on any atom is 0.416 e. The third-order valence-corrected chi connectivity index (χ3v) is 5.20. The topological polar surface area (TPSA) is 72.5 Å². The van der Waals surface area contributed by atoms with Crippen molar-refractivity contribution >= 4 is 28.5 Å². The molecule has 0 spiro atoms. The van der Waals surface area contributed by atoms with Crippen LogP contribution in [0, 0.1) is 17.0 Å². The van der Waals surface area contributed by atoms with Gasteiger partial charge in [-0.05, 0) is 30.7 Å². The third kappa shape index (κ3) is 4.87. The van der Waals surface area contributed by atoms with Gasteiger partial charge in [-0.25, -0.2) is 0 Å². The fourth-order valence-electron chi connectivity index (χ4n) is 3.52. The van der Waals surface area contributed by atoms with Crippen LogP contribution in [0.3, 0.4) is 0 Å². The molecule has 0 amide bonds. The smallest absolute Gasteiger partial charge is 0.342 e. The van der Waals surface area contributed by atoms with Gasteiger partial charge in [-0.15, -0.1) is 0 Å². The van der Waals surface area contributed by atoms with Crippen LogP contribution in [0.2, 0.25) is 0 Å². The highest BCUT2D eigenvalue weighted by Crippen LogP contribution is 2.35. The number of halogens is 3. The summed E-state index contributed by atoms with van der Waals surface area (Å²) in [5, 5.41) is 16.2. The van der Waals surface area contributed by atoms with Gasteiger partial charge in [0.15, 0.2) is 0 Å². The number of aryl methyl sites for hydroxylation is 1. The van der Waals surface area contributed by atoms with Crippen molar-refractivity contribution in [3.8, 4) is 0 Å². The minimum atomic E-state index is -4.67. The second-order valence-corrected chi connectivity index (χ2v) is 7.57. The quantitative estimate of drug-likeness (QED) is 0.210. The lowest BCUT2D eigenvalue weighted by atomic mass is 10.1. The van der Waals surface area contributed by atoms with Gasteiger partial charge in [-0.1, -0.05) is 48.0 Å². The molecule has 0 aliphatic rings. The fourth-order valence-corrected chi connectivity index (χ4v) is 3.52. The van der Waals surface area contributed by atoms with E-state index in [0.29, 0.717) is 12.6 Å². The van der Waals surface area contributed by atoms with E-state index in [-0.39, 0.29) is 5.69 Å². The number of alkyl halides is 3. The van der Waals surface area contributed by atoms with Gasteiger partial charge >= 0.3 is 6.18 Å². The molecule has 9 heteroatoms. The maximum absolute atomic E-state index is 12.9. The first kappa shape index (κ1) is 22.1. The molecule has 1 N–H and O–H groups in total. The number of hydrazone groups is 1. The van der Waals surface area contributed by atoms with Crippen molar-refractivity contribution in [3.05, 3.63) is 105 Å². The number of hydrogen-bond acceptors (Lipinski definition) is 4. The second kappa shape index (κ2) is 8.78. The number of rotatable bonds is 6. The lowest BCUT2D eigenvalue weighted by Gasteiger charge is -2.08. The number of fused-ring (bicyclic) bond motifs is 1. The van der Waals surface area contributed by atoms with Crippen molar-refractivity contribution in [2.45, 2.75) is 19.6 Å². The SMILES string of the molecule is Cc1ccc(Cn2cc(/C=N\Nc3ccc(C(F)(F)F)cc3[N+](=O)[O-])c3ccccc32)cc1. The van der Waals surface area contributed by atoms with E-state index in [4.69, 9.17) is 0 Å². The minimum absolute atomic E-state index is 0.132. The van der Waals surface area contributed by atoms with Crippen LogP contribution in [-0.2, 0) is 12.7 Å². The Morgan fingerprint density at radius 2 is 1.82 bits per heavy atom. The third-order valence-electron chi connectivity index (χ3n) is 5.20. The molecule has 0 bridgehead atoms. The molecule has 0 saturated heterocycles. The maximum atomic E-state index is 12.9. The standard InChI is InChI=1S/C24H19F3N4O2/c1-16-6-8-17(9-7-16)14-30-15-18(20-4-2-3-5-22(20)30)13-28-29-21-11-10-19(24(25,26)27)12-23(21)31(32)33/h2-13,15,29H,14H2,1H3/b28-13-. The van der Waals surface area contributed by atoms with Crippen LogP contribution in [-0.4, -0.2) is 15.7 Å². The van der Waals surface area contributed by atoms with Gasteiger partial charge in [-0.2, -0.15) is 18.3 Å². The molecule has 168 valence electrons. The molecular formula is C24H19F3N4O2. The van der Waals surface area contributed by atoms with Crippen molar-refractivity contribution in [2.24, 2.45) is 5.10 Å². The number of nitro groups is 1. The van der Waals surface area contributed by atoms with Crippen LogP contribution < -0.4 is 5.43 Å². The first-order chi connectivity index (χ1) is 15.7. The number of para-hydroxylation sites is 1. The Kier molecular flexibility index (Phi) is 5.87. The molecule has 1 aromatic heterocycles. The Morgan fingerprint density at radius 3 is 2.52 bits per heavy atom. The lowest BCUT2D eigenvalue weighted by Crippen LogP contribution is -2.06. The Hall–Kier alpha value is -4.14. The highest BCUT2D eigenvalue weighted by molar-refractivity contribution is 5.99. The van der Waals surface area contributed by atoms with E-state index in [1.165, 1.54) is 11.8 Å². The predicted octanol–water partition coefficient (Wildman–Crippen LogP) is 6.37. The number of anilines is 1. The van der Waals surface area contributed by atoms with Crippen LogP contribution in [0.25, 0.3) is 10.9 Å². The van der Waals surface area contributed by atoms with Gasteiger partial charge in [-0.3, -0.25) is 15.5 Å². The molecule has 0 unspecified atom stereocenters. The van der Waals surface area contributed by atoms with Crippen molar-refractivity contribution in [1.29, 1.82) is 0 Å². The van der Waals surface area contributed by atoms with Crippen molar-refractivity contribution in [2.75, 3.05) is 5.43 Å². The van der Waals surface area contributed by atoms with E-state index in [0.717, 1.165) is 34.2 Å². The van der Waals surface area contributed by atoms with Gasteiger partial charge in [0, 0.05) is 35.3 Å². The average molecular weight is 452 g/mol. The van der Waals surface area contributed by atoms with Crippen molar-refractivity contribution < 1.29 is 18.1 Å². The molecule has 0 aliphatic carbocycles. The van der Waals surface area contributed by atoms with E-state index in [2.05, 4.69) is 27.2 Å². The predicted molar refractivity (Wildman–Crippen MR) is 122 cm³/mol. The summed E-state index contributed by atoms with van der Waals surface area (Å²) < 4.78 is 40.7. The molecule has 33 heavy (non-hydrogen) atoms. The molecule has 6 nitrogen and oxygen atoms in total. The Labute approximate surface area is 187 Å². The number of nitro benzene ring substituents is 1. The molecule has 1 heterocycles. The zero-order valence-corrected chi connectivity index (χ0v) is 17.5. The summed E-state index contributed by atoms with van der Waals surface area (Å²) in [6.45, 7) is 2.67. The first-order valence-corrected chi connectivity index (χ1v) is 10.0. The Balaban J connectivity index is 1.61. The number of benzene rings is 3. The molecule has 4 rings (SSSR count). The van der Waals surface area contributed by atoms with Crippen LogP contribution in [0.4, 0.5) is 24.5 Å². The van der Waals surface area contributed by atoms with E-state index in [9.17, 15) is 23.3 Å². The van der Waals surface area contributed by atoms with E-state index < -0.39 is 22.4 Å². The molecule has 3 aromatic carbocycles. The summed E-state index contributed by atoms with van der Waals surface area (Å²) in [6.07, 6.45) is -1.27. The number of nitrogens with one attached hydrogen (secondary N) is 1. The molecular weight excluding hydrogens is 433 g/mol. The first-order valence-electron chi connectivity index (χ1n) is 10.0. The molecule has 0 aliphatic heterocycles. The summed E-state index contributed by atoms with van der Waals surface area (Å²) in [4.78, 5) is 10.4. The van der Waals surface area contributed by atoms with Gasteiger partial charge in [0.1, 0.15) is 5.69 Å². The van der Waals surface area contributed by atoms with E-state index in [1.807, 2.05) is 49.5 Å². The number of aromatic nitrogens is 1. The highest BCUT2D eigenvalue weighted by Gasteiger charge is 2.33. The zero-order valence-electron chi connectivity index (χ0n) is 17.5. The molecule has 0 saturated carbocycles. The van der Waals surface area contributed by atoms with E-state index in [1.54, 1.807) is 0 Å². The largest absolute Gasteiger partial charge is 0.416 e. The zero-order chi connectivity index (χ0) is 23.6. The summed E-state index contributed by atoms with van der Waals surface area (Å²) in [5.74, 6) is 0. The van der Waals surface area contributed by atoms with Crippen LogP contribution in [0.1, 0.15) is 22.3 Å². The van der Waals surface area contributed by atoms with Crippen molar-refractivity contribution in [3.63, 3.8) is 0 Å². The summed E-state index contributed by atoms with van der Waals surface area (Å²) in [5.41, 5.74) is 4.62. The van der Waals surface area contributed by atoms with E-state index >= 15 is 0 Å². The fraction of sp³-hybridized carbons (Fsp3) is 0.125. The number of nitrogens with zero attached hydrogens (tertiary/aromatic N) is 3. The van der Waals surface area contributed by atoms with Gasteiger partial charge in [0.05, 0.1) is 16.7 Å². The molecule has 4 aromatic rings. The monoisotopic (exact) mass is 452 g/mol. The lowest BCUT2D eigenvalue weighted by molar-refractivity contribution is -0.384. The molecule has 0 fully saturated rings. The molecule has 0 radical (unpaired) electrons. The highest BCUT2D eigenvalue weighted by atomic mass is 19.4. The van der Waals surface area contributed by atoms with Gasteiger partial charge in [0.25, 0.3) is 5.69 Å². The average Bonchev–Trinajstić information content (AvgIpc) is 3.12. The second-order valence-electron chi connectivity index (χ2n) is 7.57. The van der Waals surface area contributed by atoms with Crippen LogP contribution >= 0.6 is 0 Å². The Morgan fingerprint density at radius 1 is 1.09 bits per heavy atom. The summed E-state index contributed by atoms with van der Waals surface area (Å²) in [7, 11) is 0. The van der Waals surface area contributed by atoms with Crippen LogP contribution in [0.15, 0.2) is 78.0 Å². The van der Waals surface area contributed by atoms with Gasteiger partial charge in [0.2, 0.25) is 0 Å². The van der Waals surface area contributed by atoms with Crippen LogP contribution in [0.5, 0.6) is 0 Å². The minimum Gasteiger partial charge on any atom is -0.342 e. The van der Waals surface area contributed by atoms with Crippen molar-refractivity contribution in [1.82, 2.24) is 4.57 Å².